The molecule has 0 atom stereocenters. The number of nitrogens with zero attached hydrogens (tertiary/aromatic N) is 2. The third-order valence-electron chi connectivity index (χ3n) is 6.21. The van der Waals surface area contributed by atoms with Crippen LogP contribution in [0, 0.1) is 0 Å². The summed E-state index contributed by atoms with van der Waals surface area (Å²) in [6.07, 6.45) is 0. The van der Waals surface area contributed by atoms with Gasteiger partial charge in [0, 0.05) is 35.3 Å². The Morgan fingerprint density at radius 1 is 0.568 bits per heavy atom. The number of hydrogen-bond acceptors (Lipinski definition) is 3. The Bertz CT molecular complexity index is 1240. The zero-order valence-corrected chi connectivity index (χ0v) is 22.5. The summed E-state index contributed by atoms with van der Waals surface area (Å²) in [5, 5.41) is 9.15. The van der Waals surface area contributed by atoms with Gasteiger partial charge in [0.1, 0.15) is 0 Å². The Morgan fingerprint density at radius 2 is 0.919 bits per heavy atom. The number of carbonyl (C=O) groups is 3. The molecule has 37 heavy (non-hydrogen) atoms. The van der Waals surface area contributed by atoms with Crippen LogP contribution >= 0.6 is 0 Å². The van der Waals surface area contributed by atoms with Gasteiger partial charge in [0.2, 0.25) is 0 Å². The number of amides is 2. The Morgan fingerprint density at radius 3 is 1.27 bits per heavy atom. The number of carboxylic acids is 1. The second-order valence-electron chi connectivity index (χ2n) is 11.2. The molecule has 0 unspecified atom stereocenters. The van der Waals surface area contributed by atoms with Crippen molar-refractivity contribution >= 4 is 17.8 Å². The summed E-state index contributed by atoms with van der Waals surface area (Å²) in [7, 11) is 0. The van der Waals surface area contributed by atoms with Gasteiger partial charge in [0.15, 0.2) is 0 Å². The van der Waals surface area contributed by atoms with Crippen LogP contribution in [0.4, 0.5) is 0 Å². The standard InChI is InChI=1S/C31H36N2O4/c1-30(2,3)32(27(34)24-10-8-7-9-11-24)20-22-12-16-25(17-13-22)28(35)33(31(4,5)6)21-23-14-18-26(19-15-23)29(36)37/h7-19H,20-21H2,1-6H3,(H,36,37). The van der Waals surface area contributed by atoms with Gasteiger partial charge in [-0.1, -0.05) is 42.5 Å². The molecule has 6 heteroatoms. The summed E-state index contributed by atoms with van der Waals surface area (Å²) >= 11 is 0. The summed E-state index contributed by atoms with van der Waals surface area (Å²) in [5.41, 5.74) is 2.35. The summed E-state index contributed by atoms with van der Waals surface area (Å²) < 4.78 is 0. The van der Waals surface area contributed by atoms with Crippen LogP contribution in [0.25, 0.3) is 0 Å². The van der Waals surface area contributed by atoms with Crippen molar-refractivity contribution in [1.82, 2.24) is 9.80 Å². The molecule has 3 rings (SSSR count). The van der Waals surface area contributed by atoms with E-state index in [4.69, 9.17) is 5.11 Å². The molecule has 194 valence electrons. The number of carboxylic acid groups (broad SMARTS) is 1. The van der Waals surface area contributed by atoms with Crippen molar-refractivity contribution in [2.24, 2.45) is 0 Å². The zero-order chi connectivity index (χ0) is 27.4. The highest BCUT2D eigenvalue weighted by Gasteiger charge is 2.29. The van der Waals surface area contributed by atoms with Gasteiger partial charge in [-0.25, -0.2) is 4.79 Å². The van der Waals surface area contributed by atoms with E-state index >= 15 is 0 Å². The van der Waals surface area contributed by atoms with Crippen molar-refractivity contribution in [1.29, 1.82) is 0 Å². The summed E-state index contributed by atoms with van der Waals surface area (Å²) in [6.45, 7) is 12.7. The topological polar surface area (TPSA) is 77.9 Å². The van der Waals surface area contributed by atoms with Gasteiger partial charge >= 0.3 is 5.97 Å². The van der Waals surface area contributed by atoms with E-state index in [0.29, 0.717) is 24.2 Å². The zero-order valence-electron chi connectivity index (χ0n) is 22.5. The van der Waals surface area contributed by atoms with Crippen LogP contribution in [-0.2, 0) is 13.1 Å². The average molecular weight is 501 g/mol. The van der Waals surface area contributed by atoms with Crippen molar-refractivity contribution in [3.05, 3.63) is 107 Å². The molecule has 0 saturated carbocycles. The fraction of sp³-hybridized carbons (Fsp3) is 0.323. The van der Waals surface area contributed by atoms with Gasteiger partial charge in [0.05, 0.1) is 5.56 Å². The van der Waals surface area contributed by atoms with Crippen LogP contribution in [-0.4, -0.2) is 43.8 Å². The van der Waals surface area contributed by atoms with Gasteiger partial charge in [-0.05, 0) is 89.1 Å². The van der Waals surface area contributed by atoms with E-state index in [1.165, 1.54) is 0 Å². The van der Waals surface area contributed by atoms with E-state index in [2.05, 4.69) is 0 Å². The monoisotopic (exact) mass is 500 g/mol. The molecule has 3 aromatic rings. The minimum absolute atomic E-state index is 0.0407. The summed E-state index contributed by atoms with van der Waals surface area (Å²) in [4.78, 5) is 41.5. The number of hydrogen-bond donors (Lipinski definition) is 1. The molecule has 3 aromatic carbocycles. The number of carbonyl (C=O) groups excluding carboxylic acids is 2. The lowest BCUT2D eigenvalue weighted by Gasteiger charge is -2.36. The van der Waals surface area contributed by atoms with E-state index < -0.39 is 11.5 Å². The summed E-state index contributed by atoms with van der Waals surface area (Å²) in [5.74, 6) is -1.14. The number of rotatable bonds is 7. The fourth-order valence-corrected chi connectivity index (χ4v) is 3.99. The Hall–Kier alpha value is -3.93. The van der Waals surface area contributed by atoms with E-state index in [0.717, 1.165) is 11.1 Å². The molecule has 0 saturated heterocycles. The van der Waals surface area contributed by atoms with Crippen molar-refractivity contribution in [2.45, 2.75) is 65.7 Å². The smallest absolute Gasteiger partial charge is 0.335 e. The first-order valence-electron chi connectivity index (χ1n) is 12.4. The second-order valence-corrected chi connectivity index (χ2v) is 11.2. The van der Waals surface area contributed by atoms with Crippen LogP contribution in [0.3, 0.4) is 0 Å². The van der Waals surface area contributed by atoms with E-state index in [9.17, 15) is 14.4 Å². The number of benzene rings is 3. The molecule has 0 heterocycles. The maximum absolute atomic E-state index is 13.5. The van der Waals surface area contributed by atoms with E-state index in [-0.39, 0.29) is 22.9 Å². The van der Waals surface area contributed by atoms with Crippen LogP contribution in [0.15, 0.2) is 78.9 Å². The molecule has 0 aromatic heterocycles. The lowest BCUT2D eigenvalue weighted by molar-refractivity contribution is 0.0546. The van der Waals surface area contributed by atoms with Gasteiger partial charge in [0.25, 0.3) is 11.8 Å². The molecule has 0 aliphatic heterocycles. The van der Waals surface area contributed by atoms with Crippen molar-refractivity contribution in [3.8, 4) is 0 Å². The number of aromatic carboxylic acids is 1. The van der Waals surface area contributed by atoms with Crippen molar-refractivity contribution < 1.29 is 19.5 Å². The highest BCUT2D eigenvalue weighted by Crippen LogP contribution is 2.24. The Balaban J connectivity index is 1.80. The third kappa shape index (κ3) is 7.06. The van der Waals surface area contributed by atoms with Gasteiger partial charge in [-0.3, -0.25) is 9.59 Å². The van der Waals surface area contributed by atoms with E-state index in [1.54, 1.807) is 41.3 Å². The van der Waals surface area contributed by atoms with Crippen LogP contribution in [0.2, 0.25) is 0 Å². The maximum atomic E-state index is 13.5. The molecule has 0 fully saturated rings. The second kappa shape index (κ2) is 11.0. The normalized spacial score (nSPS) is 11.6. The van der Waals surface area contributed by atoms with Crippen LogP contribution in [0.1, 0.15) is 83.7 Å². The molecule has 0 radical (unpaired) electrons. The fourth-order valence-electron chi connectivity index (χ4n) is 3.99. The minimum Gasteiger partial charge on any atom is -0.478 e. The molecule has 0 bridgehead atoms. The molecule has 0 aliphatic carbocycles. The molecule has 6 nitrogen and oxygen atoms in total. The van der Waals surface area contributed by atoms with Crippen molar-refractivity contribution in [3.63, 3.8) is 0 Å². The first-order valence-corrected chi connectivity index (χ1v) is 12.4. The third-order valence-corrected chi connectivity index (χ3v) is 6.21. The van der Waals surface area contributed by atoms with Gasteiger partial charge in [-0.2, -0.15) is 0 Å². The largest absolute Gasteiger partial charge is 0.478 e. The lowest BCUT2D eigenvalue weighted by atomic mass is 10.00. The molecule has 2 amide bonds. The maximum Gasteiger partial charge on any atom is 0.335 e. The predicted octanol–water partition coefficient (Wildman–Crippen LogP) is 6.27. The summed E-state index contributed by atoms with van der Waals surface area (Å²) in [6, 6.07) is 23.2. The van der Waals surface area contributed by atoms with Crippen molar-refractivity contribution in [2.75, 3.05) is 0 Å². The van der Waals surface area contributed by atoms with E-state index in [1.807, 2.05) is 88.9 Å². The molecule has 0 spiro atoms. The molecular formula is C31H36N2O4. The Kier molecular flexibility index (Phi) is 8.22. The van der Waals surface area contributed by atoms with Crippen LogP contribution in [0.5, 0.6) is 0 Å². The highest BCUT2D eigenvalue weighted by molar-refractivity contribution is 5.95. The average Bonchev–Trinajstić information content (AvgIpc) is 2.85. The molecule has 0 aliphatic rings. The predicted molar refractivity (Wildman–Crippen MR) is 146 cm³/mol. The quantitative estimate of drug-likeness (QED) is 0.415. The molecular weight excluding hydrogens is 464 g/mol. The van der Waals surface area contributed by atoms with Gasteiger partial charge in [-0.15, -0.1) is 0 Å². The van der Waals surface area contributed by atoms with Gasteiger partial charge < -0.3 is 14.9 Å². The first-order chi connectivity index (χ1) is 17.3. The Labute approximate surface area is 219 Å². The lowest BCUT2D eigenvalue weighted by Crippen LogP contribution is -2.45. The van der Waals surface area contributed by atoms with Crippen LogP contribution < -0.4 is 0 Å². The minimum atomic E-state index is -0.981. The first kappa shape index (κ1) is 27.7. The molecule has 1 N–H and O–H groups in total. The highest BCUT2D eigenvalue weighted by atomic mass is 16.4. The SMILES string of the molecule is CC(C)(C)N(Cc1ccc(C(=O)N(Cc2ccc(C(=O)O)cc2)C(C)(C)C)cc1)C(=O)c1ccccc1.